The highest BCUT2D eigenvalue weighted by molar-refractivity contribution is 5.88. The molecule has 4 heterocycles. The van der Waals surface area contributed by atoms with Gasteiger partial charge in [-0.05, 0) is 68.0 Å². The van der Waals surface area contributed by atoms with Gasteiger partial charge in [-0.3, -0.25) is 9.97 Å². The number of halogens is 3. The Labute approximate surface area is 223 Å². The van der Waals surface area contributed by atoms with E-state index in [1.165, 1.54) is 17.8 Å². The van der Waals surface area contributed by atoms with Gasteiger partial charge in [-0.15, -0.1) is 0 Å². The Balaban J connectivity index is 1.07. The molecule has 39 heavy (non-hydrogen) atoms. The average Bonchev–Trinajstić information content (AvgIpc) is 3.65. The van der Waals surface area contributed by atoms with E-state index in [9.17, 15) is 13.2 Å². The number of allylic oxidation sites excluding steroid dienone is 1. The standard InChI is InChI=1S/C30H27F3N4O2/c1-38-25-10-12-34-24-9-7-20(13-23(24)25)37-16-29(17-37)14-18(15-29)4-8-21-26(36-39-27(21)19-5-6-19)22-3-2-11-35-28(22)30(31,32)33/h2-4,7-13,18-19H,5-6,14-17H2,1H3/b8-4+. The number of nitrogens with zero attached hydrogens (tertiary/aromatic N) is 4. The number of alkyl halides is 3. The molecule has 0 amide bonds. The van der Waals surface area contributed by atoms with Crippen LogP contribution in [0, 0.1) is 11.3 Å². The summed E-state index contributed by atoms with van der Waals surface area (Å²) in [4.78, 5) is 10.4. The second-order valence-electron chi connectivity index (χ2n) is 11.1. The van der Waals surface area contributed by atoms with Gasteiger partial charge in [0, 0.05) is 59.0 Å². The van der Waals surface area contributed by atoms with E-state index in [4.69, 9.17) is 9.26 Å². The van der Waals surface area contributed by atoms with Crippen LogP contribution in [-0.2, 0) is 6.18 Å². The number of pyridine rings is 2. The van der Waals surface area contributed by atoms with Crippen LogP contribution in [0.1, 0.15) is 48.6 Å². The lowest BCUT2D eigenvalue weighted by molar-refractivity contribution is -0.140. The molecule has 6 nitrogen and oxygen atoms in total. The molecular formula is C30H27F3N4O2. The van der Waals surface area contributed by atoms with E-state index >= 15 is 0 Å². The molecule has 200 valence electrons. The van der Waals surface area contributed by atoms with Gasteiger partial charge in [0.1, 0.15) is 17.2 Å². The summed E-state index contributed by atoms with van der Waals surface area (Å²) < 4.78 is 52.1. The minimum Gasteiger partial charge on any atom is -0.496 e. The zero-order valence-corrected chi connectivity index (χ0v) is 21.4. The summed E-state index contributed by atoms with van der Waals surface area (Å²) in [5.74, 6) is 2.10. The van der Waals surface area contributed by atoms with Crippen molar-refractivity contribution in [1.29, 1.82) is 0 Å². The third kappa shape index (κ3) is 4.24. The molecule has 0 unspecified atom stereocenters. The molecule has 9 heteroatoms. The van der Waals surface area contributed by atoms with E-state index in [2.05, 4.69) is 38.2 Å². The molecule has 2 saturated carbocycles. The van der Waals surface area contributed by atoms with Crippen LogP contribution in [0.2, 0.25) is 0 Å². The van der Waals surface area contributed by atoms with Crippen LogP contribution in [0.5, 0.6) is 5.75 Å². The molecule has 0 bridgehead atoms. The number of ether oxygens (including phenoxy) is 1. The fourth-order valence-corrected chi connectivity index (χ4v) is 6.24. The summed E-state index contributed by atoms with van der Waals surface area (Å²) in [7, 11) is 1.67. The predicted octanol–water partition coefficient (Wildman–Crippen LogP) is 7.12. The molecule has 3 aliphatic rings. The van der Waals surface area contributed by atoms with Gasteiger partial charge in [-0.25, -0.2) is 0 Å². The maximum Gasteiger partial charge on any atom is 0.434 e. The van der Waals surface area contributed by atoms with Crippen molar-refractivity contribution in [2.75, 3.05) is 25.1 Å². The van der Waals surface area contributed by atoms with Crippen molar-refractivity contribution in [3.8, 4) is 17.0 Å². The summed E-state index contributed by atoms with van der Waals surface area (Å²) in [5, 5.41) is 5.10. The van der Waals surface area contributed by atoms with Crippen LogP contribution < -0.4 is 9.64 Å². The van der Waals surface area contributed by atoms with Gasteiger partial charge in [0.15, 0.2) is 5.69 Å². The smallest absolute Gasteiger partial charge is 0.434 e. The van der Waals surface area contributed by atoms with Gasteiger partial charge in [-0.2, -0.15) is 13.2 Å². The maximum atomic E-state index is 13.7. The molecular weight excluding hydrogens is 505 g/mol. The molecule has 3 aromatic heterocycles. The molecule has 0 radical (unpaired) electrons. The highest BCUT2D eigenvalue weighted by Crippen LogP contribution is 2.54. The molecule has 1 saturated heterocycles. The summed E-state index contributed by atoms with van der Waals surface area (Å²) in [6.07, 6.45) is 6.45. The highest BCUT2D eigenvalue weighted by Gasteiger charge is 2.51. The number of benzene rings is 1. The van der Waals surface area contributed by atoms with Crippen LogP contribution in [0.3, 0.4) is 0 Å². The van der Waals surface area contributed by atoms with Crippen molar-refractivity contribution < 1.29 is 22.4 Å². The van der Waals surface area contributed by atoms with Gasteiger partial charge in [0.2, 0.25) is 0 Å². The summed E-state index contributed by atoms with van der Waals surface area (Å²) in [6.45, 7) is 1.98. The Bertz CT molecular complexity index is 1580. The van der Waals surface area contributed by atoms with E-state index in [-0.39, 0.29) is 22.6 Å². The summed E-state index contributed by atoms with van der Waals surface area (Å²) >= 11 is 0. The first-order valence-electron chi connectivity index (χ1n) is 13.2. The van der Waals surface area contributed by atoms with Crippen molar-refractivity contribution in [2.45, 2.75) is 37.8 Å². The normalized spacial score (nSPS) is 19.0. The van der Waals surface area contributed by atoms with E-state index < -0.39 is 11.9 Å². The fraction of sp³-hybridized carbons (Fsp3) is 0.367. The second kappa shape index (κ2) is 8.83. The molecule has 1 aliphatic heterocycles. The first kappa shape index (κ1) is 24.2. The van der Waals surface area contributed by atoms with Crippen LogP contribution in [0.4, 0.5) is 18.9 Å². The summed E-state index contributed by atoms with van der Waals surface area (Å²) in [6, 6.07) is 11.1. The van der Waals surface area contributed by atoms with E-state index in [0.29, 0.717) is 17.2 Å². The monoisotopic (exact) mass is 532 g/mol. The van der Waals surface area contributed by atoms with Crippen LogP contribution in [0.15, 0.2) is 59.4 Å². The summed E-state index contributed by atoms with van der Waals surface area (Å²) in [5.41, 5.74) is 2.27. The first-order chi connectivity index (χ1) is 18.8. The Morgan fingerprint density at radius 1 is 1.08 bits per heavy atom. The molecule has 1 aromatic carbocycles. The van der Waals surface area contributed by atoms with Crippen LogP contribution >= 0.6 is 0 Å². The van der Waals surface area contributed by atoms with Gasteiger partial charge in [-0.1, -0.05) is 17.3 Å². The Kier molecular flexibility index (Phi) is 5.47. The molecule has 7 rings (SSSR count). The highest BCUT2D eigenvalue weighted by atomic mass is 19.4. The quantitative estimate of drug-likeness (QED) is 0.264. The predicted molar refractivity (Wildman–Crippen MR) is 141 cm³/mol. The van der Waals surface area contributed by atoms with Crippen molar-refractivity contribution >= 4 is 22.7 Å². The van der Waals surface area contributed by atoms with Gasteiger partial charge >= 0.3 is 6.18 Å². The molecule has 0 atom stereocenters. The molecule has 0 N–H and O–H groups in total. The second-order valence-corrected chi connectivity index (χ2v) is 11.1. The van der Waals surface area contributed by atoms with Gasteiger partial charge in [0.25, 0.3) is 0 Å². The minimum absolute atomic E-state index is 0.0396. The Morgan fingerprint density at radius 2 is 1.90 bits per heavy atom. The molecule has 1 spiro atoms. The van der Waals surface area contributed by atoms with Gasteiger partial charge < -0.3 is 14.2 Å². The zero-order chi connectivity index (χ0) is 26.8. The number of hydrogen-bond acceptors (Lipinski definition) is 6. The zero-order valence-electron chi connectivity index (χ0n) is 21.4. The largest absolute Gasteiger partial charge is 0.496 e. The van der Waals surface area contributed by atoms with Crippen LogP contribution in [-0.4, -0.2) is 35.3 Å². The number of anilines is 1. The number of methoxy groups -OCH3 is 1. The van der Waals surface area contributed by atoms with Crippen molar-refractivity contribution in [1.82, 2.24) is 15.1 Å². The third-order valence-electron chi connectivity index (χ3n) is 8.28. The number of hydrogen-bond donors (Lipinski definition) is 0. The topological polar surface area (TPSA) is 64.3 Å². The first-order valence-corrected chi connectivity index (χ1v) is 13.2. The average molecular weight is 533 g/mol. The molecule has 3 fully saturated rings. The number of rotatable bonds is 6. The lowest BCUT2D eigenvalue weighted by atomic mass is 9.57. The van der Waals surface area contributed by atoms with Crippen molar-refractivity contribution in [3.63, 3.8) is 0 Å². The minimum atomic E-state index is -4.57. The van der Waals surface area contributed by atoms with Crippen LogP contribution in [0.25, 0.3) is 28.2 Å². The number of aromatic nitrogens is 3. The Hall–Kier alpha value is -3.88. The maximum absolute atomic E-state index is 13.7. The lowest BCUT2D eigenvalue weighted by Gasteiger charge is -2.59. The van der Waals surface area contributed by atoms with Crippen molar-refractivity contribution in [3.05, 3.63) is 71.9 Å². The third-order valence-corrected chi connectivity index (χ3v) is 8.28. The fourth-order valence-electron chi connectivity index (χ4n) is 6.24. The molecule has 4 aromatic rings. The lowest BCUT2D eigenvalue weighted by Crippen LogP contribution is -2.62. The Morgan fingerprint density at radius 3 is 2.64 bits per heavy atom. The van der Waals surface area contributed by atoms with Gasteiger partial charge in [0.05, 0.1) is 12.6 Å². The molecule has 2 aliphatic carbocycles. The SMILES string of the molecule is COc1ccnc2ccc(N3CC4(CC(/C=C/c5c(-c6cccnc6C(F)(F)F)noc5C5CC5)C4)C3)cc12. The van der Waals surface area contributed by atoms with E-state index in [1.54, 1.807) is 13.3 Å². The van der Waals surface area contributed by atoms with Crippen molar-refractivity contribution in [2.24, 2.45) is 11.3 Å². The number of fused-ring (bicyclic) bond motifs is 1. The van der Waals surface area contributed by atoms with E-state index in [0.717, 1.165) is 61.6 Å². The van der Waals surface area contributed by atoms with E-state index in [1.807, 2.05) is 18.2 Å².